The van der Waals surface area contributed by atoms with Gasteiger partial charge >= 0.3 is 0 Å². The van der Waals surface area contributed by atoms with E-state index in [1.54, 1.807) is 6.92 Å². The first-order valence-electron chi connectivity index (χ1n) is 6.72. The molecule has 3 aromatic rings. The zero-order valence-corrected chi connectivity index (χ0v) is 18.1. The molecule has 0 aliphatic heterocycles. The van der Waals surface area contributed by atoms with Crippen molar-refractivity contribution in [2.45, 2.75) is 13.3 Å². The Morgan fingerprint density at radius 3 is 2.32 bits per heavy atom. The number of aromatic hydroxyl groups is 2. The van der Waals surface area contributed by atoms with Gasteiger partial charge in [-0.15, -0.1) is 15.0 Å². The summed E-state index contributed by atoms with van der Waals surface area (Å²) in [5, 5.41) is 28.3. The van der Waals surface area contributed by atoms with E-state index in [4.69, 9.17) is 0 Å². The maximum atomic E-state index is 12.4. The number of benzene rings is 2. The Labute approximate surface area is 168 Å². The van der Waals surface area contributed by atoms with Gasteiger partial charge < -0.3 is 10.2 Å². The van der Waals surface area contributed by atoms with Crippen LogP contribution in [0.25, 0.3) is 16.7 Å². The molecule has 0 unspecified atom stereocenters. The van der Waals surface area contributed by atoms with Crippen LogP contribution < -0.4 is 0 Å². The number of sulfone groups is 1. The molecule has 0 fully saturated rings. The van der Waals surface area contributed by atoms with Gasteiger partial charge in [0.2, 0.25) is 11.3 Å². The average molecular weight is 556 g/mol. The zero-order valence-electron chi connectivity index (χ0n) is 12.5. The van der Waals surface area contributed by atoms with Gasteiger partial charge in [0.05, 0.1) is 4.90 Å². The van der Waals surface area contributed by atoms with Crippen molar-refractivity contribution < 1.29 is 18.6 Å². The molecule has 0 atom stereocenters. The van der Waals surface area contributed by atoms with Crippen LogP contribution in [0.1, 0.15) is 5.56 Å². The molecule has 0 bridgehead atoms. The minimum atomic E-state index is -3.76. The van der Waals surface area contributed by atoms with Gasteiger partial charge in [0.1, 0.15) is 28.2 Å². The van der Waals surface area contributed by atoms with Gasteiger partial charge in [0, 0.05) is 6.07 Å². The summed E-state index contributed by atoms with van der Waals surface area (Å²) in [6.07, 6.45) is 0. The molecule has 25 heavy (non-hydrogen) atoms. The summed E-state index contributed by atoms with van der Waals surface area (Å²) in [4.78, 5) is 1.17. The molecule has 132 valence electrons. The lowest BCUT2D eigenvalue weighted by molar-refractivity contribution is 0.450. The number of rotatable bonds is 2. The summed E-state index contributed by atoms with van der Waals surface area (Å²) in [5.74, 6) is -0.121. The van der Waals surface area contributed by atoms with E-state index < -0.39 is 11.3 Å². The Morgan fingerprint density at radius 2 is 1.68 bits per heavy atom. The van der Waals surface area contributed by atoms with Crippen LogP contribution in [0.5, 0.6) is 11.5 Å². The Balaban J connectivity index is 2.17. The van der Waals surface area contributed by atoms with Gasteiger partial charge in [-0.3, -0.25) is 0 Å². The number of aromatic nitrogens is 3. The largest absolute Gasteiger partial charge is 0.508 e. The second-order valence-corrected chi connectivity index (χ2v) is 15.6. The maximum absolute atomic E-state index is 12.4. The summed E-state index contributed by atoms with van der Waals surface area (Å²) in [5.41, 5.74) is 1.40. The van der Waals surface area contributed by atoms with E-state index in [9.17, 15) is 18.6 Å². The molecule has 1 heterocycles. The van der Waals surface area contributed by atoms with Gasteiger partial charge in [-0.2, -0.15) is 0 Å². The van der Waals surface area contributed by atoms with Gasteiger partial charge in [-0.05, 0) is 84.5 Å². The van der Waals surface area contributed by atoms with E-state index in [0.717, 1.165) is 4.80 Å². The number of aryl methyl sites for hydroxylation is 1. The Morgan fingerprint density at radius 1 is 1.04 bits per heavy atom. The topological polar surface area (TPSA) is 105 Å². The molecule has 0 aliphatic rings. The molecular weight excluding hydrogens is 546 g/mol. The normalized spacial score (nSPS) is 12.6. The fourth-order valence-corrected chi connectivity index (χ4v) is 4.66. The number of alkyl halides is 3. The predicted octanol–water partition coefficient (Wildman–Crippen LogP) is 3.71. The fraction of sp³-hybridized carbons (Fsp3) is 0.143. The van der Waals surface area contributed by atoms with E-state index in [-0.39, 0.29) is 22.1 Å². The minimum Gasteiger partial charge on any atom is -0.508 e. The number of fused-ring (bicyclic) bond motifs is 1. The van der Waals surface area contributed by atoms with Crippen molar-refractivity contribution in [3.63, 3.8) is 0 Å². The first kappa shape index (κ1) is 18.6. The molecule has 0 saturated heterocycles. The van der Waals surface area contributed by atoms with Gasteiger partial charge in [0.15, 0.2) is 0 Å². The number of nitrogens with zero attached hydrogens (tertiary/aromatic N) is 3. The van der Waals surface area contributed by atoms with Gasteiger partial charge in [-0.25, -0.2) is 8.42 Å². The lowest BCUT2D eigenvalue weighted by atomic mass is 10.2. The van der Waals surface area contributed by atoms with Crippen LogP contribution >= 0.6 is 47.8 Å². The molecule has 0 aliphatic carbocycles. The standard InChI is InChI=1S/C14H10Br3N3O4S/c1-7-4-8(21)5-12(13(7)22)20-18-10-3-2-9(6-11(10)19-20)25(23,24)14(15,16)17/h2-6,21-22H,1H3. The monoisotopic (exact) mass is 553 g/mol. The third kappa shape index (κ3) is 3.29. The highest BCUT2D eigenvalue weighted by atomic mass is 80.0. The van der Waals surface area contributed by atoms with Crippen LogP contribution in [-0.2, 0) is 9.84 Å². The summed E-state index contributed by atoms with van der Waals surface area (Å²) < 4.78 is 23.4. The summed E-state index contributed by atoms with van der Waals surface area (Å²) in [6.45, 7) is 1.63. The third-order valence-corrected chi connectivity index (χ3v) is 8.77. The smallest absolute Gasteiger partial charge is 0.239 e. The Kier molecular flexibility index (Phi) is 4.63. The van der Waals surface area contributed by atoms with Crippen LogP contribution in [0.2, 0.25) is 0 Å². The first-order valence-corrected chi connectivity index (χ1v) is 10.6. The maximum Gasteiger partial charge on any atom is 0.239 e. The number of hydrogen-bond donors (Lipinski definition) is 2. The van der Waals surface area contributed by atoms with Crippen molar-refractivity contribution in [2.75, 3.05) is 0 Å². The molecule has 1 aromatic heterocycles. The van der Waals surface area contributed by atoms with Crippen molar-refractivity contribution in [3.05, 3.63) is 35.9 Å². The number of phenolic OH excluding ortho intramolecular Hbond substituents is 2. The van der Waals surface area contributed by atoms with E-state index in [1.807, 2.05) is 0 Å². The number of halogens is 3. The third-order valence-electron chi connectivity index (χ3n) is 3.45. The van der Waals surface area contributed by atoms with E-state index in [2.05, 4.69) is 58.0 Å². The molecule has 0 spiro atoms. The van der Waals surface area contributed by atoms with Crippen LogP contribution in [0.15, 0.2) is 35.2 Å². The predicted molar refractivity (Wildman–Crippen MR) is 104 cm³/mol. The highest BCUT2D eigenvalue weighted by Gasteiger charge is 2.37. The molecule has 2 aromatic carbocycles. The van der Waals surface area contributed by atoms with Crippen molar-refractivity contribution >= 4 is 68.7 Å². The lowest BCUT2D eigenvalue weighted by Gasteiger charge is -2.13. The molecule has 7 nitrogen and oxygen atoms in total. The first-order chi connectivity index (χ1) is 11.5. The zero-order chi connectivity index (χ0) is 18.6. The highest BCUT2D eigenvalue weighted by Crippen LogP contribution is 2.43. The van der Waals surface area contributed by atoms with E-state index >= 15 is 0 Å². The summed E-state index contributed by atoms with van der Waals surface area (Å²) in [7, 11) is -3.76. The van der Waals surface area contributed by atoms with E-state index in [1.165, 1.54) is 30.3 Å². The van der Waals surface area contributed by atoms with Gasteiger partial charge in [0.25, 0.3) is 0 Å². The summed E-state index contributed by atoms with van der Waals surface area (Å²) in [6, 6.07) is 7.02. The lowest BCUT2D eigenvalue weighted by Crippen LogP contribution is -2.17. The van der Waals surface area contributed by atoms with Crippen LogP contribution in [0.3, 0.4) is 0 Å². The van der Waals surface area contributed by atoms with Crippen LogP contribution in [-0.4, -0.2) is 35.1 Å². The quantitative estimate of drug-likeness (QED) is 0.369. The molecular formula is C14H10Br3N3O4S. The Hall–Kier alpha value is -1.17. The van der Waals surface area contributed by atoms with Crippen molar-refractivity contribution in [2.24, 2.45) is 0 Å². The van der Waals surface area contributed by atoms with Crippen molar-refractivity contribution in [3.8, 4) is 17.2 Å². The van der Waals surface area contributed by atoms with Crippen molar-refractivity contribution in [1.82, 2.24) is 15.0 Å². The van der Waals surface area contributed by atoms with Crippen molar-refractivity contribution in [1.29, 1.82) is 0 Å². The van der Waals surface area contributed by atoms with Gasteiger partial charge in [-0.1, -0.05) is 0 Å². The minimum absolute atomic E-state index is 0.0222. The second kappa shape index (κ2) is 6.22. The number of phenols is 2. The van der Waals surface area contributed by atoms with Crippen LogP contribution in [0, 0.1) is 6.92 Å². The Bertz CT molecular complexity index is 1090. The highest BCUT2D eigenvalue weighted by molar-refractivity contribution is 9.42. The summed E-state index contributed by atoms with van der Waals surface area (Å²) >= 11 is 9.03. The number of hydrogen-bond acceptors (Lipinski definition) is 6. The second-order valence-electron chi connectivity index (χ2n) is 5.22. The molecule has 2 N–H and O–H groups in total. The fourth-order valence-electron chi connectivity index (χ4n) is 2.20. The molecule has 3 rings (SSSR count). The molecule has 11 heteroatoms. The average Bonchev–Trinajstić information content (AvgIpc) is 2.92. The van der Waals surface area contributed by atoms with E-state index in [0.29, 0.717) is 16.6 Å². The van der Waals surface area contributed by atoms with Crippen LogP contribution in [0.4, 0.5) is 0 Å². The molecule has 0 amide bonds. The molecule has 0 saturated carbocycles. The SMILES string of the molecule is Cc1cc(O)cc(-n2nc3ccc(S(=O)(=O)C(Br)(Br)Br)cc3n2)c1O. The molecule has 0 radical (unpaired) electrons.